The number of benzene rings is 1. The summed E-state index contributed by atoms with van der Waals surface area (Å²) in [6.07, 6.45) is -4.40. The zero-order valence-corrected chi connectivity index (χ0v) is 12.7. The molecule has 0 aliphatic heterocycles. The van der Waals surface area contributed by atoms with Crippen molar-refractivity contribution in [1.82, 2.24) is 20.5 Å². The summed E-state index contributed by atoms with van der Waals surface area (Å²) in [7, 11) is 0. The Bertz CT molecular complexity index is 868. The van der Waals surface area contributed by atoms with Crippen LogP contribution in [-0.4, -0.2) is 21.1 Å². The van der Waals surface area contributed by atoms with Crippen LogP contribution in [0.1, 0.15) is 26.9 Å². The van der Waals surface area contributed by atoms with Gasteiger partial charge in [0.1, 0.15) is 5.82 Å². The minimum absolute atomic E-state index is 0.144. The van der Waals surface area contributed by atoms with Crippen molar-refractivity contribution in [3.05, 3.63) is 46.4 Å². The smallest absolute Gasteiger partial charge is 0.344 e. The van der Waals surface area contributed by atoms with E-state index in [2.05, 4.69) is 20.5 Å². The number of aryl methyl sites for hydroxylation is 1. The Morgan fingerprint density at radius 3 is 2.78 bits per heavy atom. The monoisotopic (exact) mass is 340 g/mol. The molecule has 5 nitrogen and oxygen atoms in total. The molecule has 0 fully saturated rings. The second-order valence-corrected chi connectivity index (χ2v) is 5.96. The van der Waals surface area contributed by atoms with Crippen LogP contribution in [0, 0.1) is 6.92 Å². The molecule has 3 rings (SSSR count). The molecule has 0 aliphatic rings. The van der Waals surface area contributed by atoms with E-state index in [1.54, 1.807) is 6.92 Å². The standard InChI is InChI=1S/C14H11F3N4OS/c1-7-19-12(21-20-7)6-18-13(22)11-5-8-4-9(14(15,16)17)2-3-10(8)23-11/h2-5H,6H2,1H3,(H,18,22)(H,19,20,21). The van der Waals surface area contributed by atoms with Crippen LogP contribution in [0.2, 0.25) is 0 Å². The second-order valence-electron chi connectivity index (χ2n) is 4.88. The van der Waals surface area contributed by atoms with E-state index in [9.17, 15) is 18.0 Å². The van der Waals surface area contributed by atoms with Gasteiger partial charge in [-0.25, -0.2) is 4.98 Å². The van der Waals surface area contributed by atoms with Crippen LogP contribution in [0.15, 0.2) is 24.3 Å². The molecule has 2 heterocycles. The van der Waals surface area contributed by atoms with Gasteiger partial charge in [-0.15, -0.1) is 11.3 Å². The largest absolute Gasteiger partial charge is 0.416 e. The fourth-order valence-electron chi connectivity index (χ4n) is 2.05. The molecule has 0 radical (unpaired) electrons. The first-order valence-electron chi connectivity index (χ1n) is 6.60. The first-order valence-corrected chi connectivity index (χ1v) is 7.41. The molecule has 23 heavy (non-hydrogen) atoms. The van der Waals surface area contributed by atoms with E-state index in [1.165, 1.54) is 12.1 Å². The Morgan fingerprint density at radius 1 is 1.35 bits per heavy atom. The van der Waals surface area contributed by atoms with Gasteiger partial charge in [-0.1, -0.05) is 0 Å². The maximum Gasteiger partial charge on any atom is 0.416 e. The number of thiophene rings is 1. The SMILES string of the molecule is Cc1nc(CNC(=O)c2cc3cc(C(F)(F)F)ccc3s2)n[nH]1. The van der Waals surface area contributed by atoms with Crippen LogP contribution in [0.3, 0.4) is 0 Å². The van der Waals surface area contributed by atoms with Gasteiger partial charge in [0.05, 0.1) is 17.0 Å². The van der Waals surface area contributed by atoms with E-state index >= 15 is 0 Å². The number of nitrogens with zero attached hydrogens (tertiary/aromatic N) is 2. The van der Waals surface area contributed by atoms with Crippen molar-refractivity contribution in [2.75, 3.05) is 0 Å². The lowest BCUT2D eigenvalue weighted by atomic mass is 10.1. The summed E-state index contributed by atoms with van der Waals surface area (Å²) in [6, 6.07) is 4.88. The molecule has 3 aromatic rings. The number of nitrogens with one attached hydrogen (secondary N) is 2. The highest BCUT2D eigenvalue weighted by Gasteiger charge is 2.30. The maximum absolute atomic E-state index is 12.7. The van der Waals surface area contributed by atoms with Gasteiger partial charge in [-0.2, -0.15) is 18.3 Å². The predicted octanol–water partition coefficient (Wildman–Crippen LogP) is 3.28. The lowest BCUT2D eigenvalue weighted by molar-refractivity contribution is -0.137. The number of hydrogen-bond acceptors (Lipinski definition) is 4. The van der Waals surface area contributed by atoms with Crippen LogP contribution < -0.4 is 5.32 Å². The van der Waals surface area contributed by atoms with Crippen LogP contribution >= 0.6 is 11.3 Å². The number of H-pyrrole nitrogens is 1. The summed E-state index contributed by atoms with van der Waals surface area (Å²) >= 11 is 1.14. The number of aromatic nitrogens is 3. The second kappa shape index (κ2) is 5.65. The molecule has 0 saturated carbocycles. The molecule has 9 heteroatoms. The Kier molecular flexibility index (Phi) is 3.80. The normalized spacial score (nSPS) is 11.8. The van der Waals surface area contributed by atoms with Gasteiger partial charge in [0, 0.05) is 4.70 Å². The topological polar surface area (TPSA) is 70.7 Å². The van der Waals surface area contributed by atoms with Crippen molar-refractivity contribution < 1.29 is 18.0 Å². The number of aromatic amines is 1. The molecule has 0 bridgehead atoms. The average molecular weight is 340 g/mol. The van der Waals surface area contributed by atoms with Gasteiger partial charge in [0.2, 0.25) is 0 Å². The van der Waals surface area contributed by atoms with Crippen LogP contribution in [-0.2, 0) is 12.7 Å². The Balaban J connectivity index is 1.78. The van der Waals surface area contributed by atoms with Gasteiger partial charge >= 0.3 is 6.18 Å². The zero-order chi connectivity index (χ0) is 16.6. The summed E-state index contributed by atoms with van der Waals surface area (Å²) in [5.74, 6) is 0.703. The summed E-state index contributed by atoms with van der Waals surface area (Å²) < 4.78 is 38.7. The van der Waals surface area contributed by atoms with Crippen molar-refractivity contribution >= 4 is 27.3 Å². The number of carbonyl (C=O) groups excluding carboxylic acids is 1. The summed E-state index contributed by atoms with van der Waals surface area (Å²) in [4.78, 5) is 16.5. The number of alkyl halides is 3. The summed E-state index contributed by atoms with van der Waals surface area (Å²) in [5, 5.41) is 9.58. The lowest BCUT2D eigenvalue weighted by Crippen LogP contribution is -2.22. The Labute approximate surface area is 132 Å². The van der Waals surface area contributed by atoms with Gasteiger partial charge < -0.3 is 5.32 Å². The first-order chi connectivity index (χ1) is 10.8. The number of hydrogen-bond donors (Lipinski definition) is 2. The fourth-order valence-corrected chi connectivity index (χ4v) is 3.01. The van der Waals surface area contributed by atoms with Crippen LogP contribution in [0.5, 0.6) is 0 Å². The molecule has 0 saturated heterocycles. The van der Waals surface area contributed by atoms with Gasteiger partial charge in [-0.05, 0) is 36.6 Å². The van der Waals surface area contributed by atoms with Crippen LogP contribution in [0.25, 0.3) is 10.1 Å². The van der Waals surface area contributed by atoms with Gasteiger partial charge in [0.15, 0.2) is 5.82 Å². The van der Waals surface area contributed by atoms with Crippen LogP contribution in [0.4, 0.5) is 13.2 Å². The van der Waals surface area contributed by atoms with Crippen molar-refractivity contribution in [1.29, 1.82) is 0 Å². The van der Waals surface area contributed by atoms with E-state index in [0.29, 0.717) is 26.6 Å². The van der Waals surface area contributed by atoms with Crippen molar-refractivity contribution in [3.63, 3.8) is 0 Å². The quantitative estimate of drug-likeness (QED) is 0.769. The fraction of sp³-hybridized carbons (Fsp3) is 0.214. The molecule has 0 unspecified atom stereocenters. The minimum Gasteiger partial charge on any atom is -0.344 e. The molecule has 120 valence electrons. The third kappa shape index (κ3) is 3.34. The molecule has 1 amide bonds. The Morgan fingerprint density at radius 2 is 2.13 bits per heavy atom. The number of rotatable bonds is 3. The predicted molar refractivity (Wildman–Crippen MR) is 79.1 cm³/mol. The number of amides is 1. The average Bonchev–Trinajstić information content (AvgIpc) is 3.08. The number of carbonyl (C=O) groups is 1. The molecule has 0 aliphatic carbocycles. The molecule has 1 aromatic carbocycles. The Hall–Kier alpha value is -2.42. The number of fused-ring (bicyclic) bond motifs is 1. The maximum atomic E-state index is 12.7. The third-order valence-electron chi connectivity index (χ3n) is 3.12. The van der Waals surface area contributed by atoms with E-state index < -0.39 is 11.7 Å². The van der Waals surface area contributed by atoms with Crippen molar-refractivity contribution in [2.45, 2.75) is 19.6 Å². The third-order valence-corrected chi connectivity index (χ3v) is 4.23. The molecule has 0 atom stereocenters. The molecule has 2 aromatic heterocycles. The summed E-state index contributed by atoms with van der Waals surface area (Å²) in [6.45, 7) is 1.88. The molecule has 0 spiro atoms. The first kappa shape index (κ1) is 15.5. The molecular formula is C14H11F3N4OS. The highest BCUT2D eigenvalue weighted by atomic mass is 32.1. The lowest BCUT2D eigenvalue weighted by Gasteiger charge is -2.05. The molecular weight excluding hydrogens is 329 g/mol. The highest BCUT2D eigenvalue weighted by Crippen LogP contribution is 2.34. The van der Waals surface area contributed by atoms with Crippen molar-refractivity contribution in [2.24, 2.45) is 0 Å². The van der Waals surface area contributed by atoms with E-state index in [0.717, 1.165) is 23.5 Å². The van der Waals surface area contributed by atoms with E-state index in [-0.39, 0.29) is 12.5 Å². The van der Waals surface area contributed by atoms with E-state index in [1.807, 2.05) is 0 Å². The summed E-state index contributed by atoms with van der Waals surface area (Å²) in [5.41, 5.74) is -0.731. The van der Waals surface area contributed by atoms with Gasteiger partial charge in [-0.3, -0.25) is 9.89 Å². The molecule has 2 N–H and O–H groups in total. The zero-order valence-electron chi connectivity index (χ0n) is 11.9. The highest BCUT2D eigenvalue weighted by molar-refractivity contribution is 7.20. The minimum atomic E-state index is -4.40. The number of halogens is 3. The van der Waals surface area contributed by atoms with Gasteiger partial charge in [0.25, 0.3) is 5.91 Å². The van der Waals surface area contributed by atoms with Crippen molar-refractivity contribution in [3.8, 4) is 0 Å². The van der Waals surface area contributed by atoms with E-state index in [4.69, 9.17) is 0 Å².